The molecule has 0 aromatic heterocycles. The van der Waals surface area contributed by atoms with Crippen LogP contribution in [0.2, 0.25) is 0 Å². The second-order valence-electron chi connectivity index (χ2n) is 5.94. The van der Waals surface area contributed by atoms with E-state index in [2.05, 4.69) is 5.32 Å². The first-order valence-corrected chi connectivity index (χ1v) is 7.38. The van der Waals surface area contributed by atoms with Crippen LogP contribution in [0.5, 0.6) is 0 Å². The summed E-state index contributed by atoms with van der Waals surface area (Å²) >= 11 is 0. The lowest BCUT2D eigenvalue weighted by molar-refractivity contribution is -0.137. The highest BCUT2D eigenvalue weighted by molar-refractivity contribution is 5.90. The molecule has 2 fully saturated rings. The summed E-state index contributed by atoms with van der Waals surface area (Å²) in [5.41, 5.74) is -1.41. The van der Waals surface area contributed by atoms with Crippen LogP contribution in [0, 0.1) is 23.2 Å². The third-order valence-corrected chi connectivity index (χ3v) is 4.49. The number of amides is 2. The number of carbonyl (C=O) groups is 1. The molecule has 0 spiro atoms. The molecule has 3 rings (SSSR count). The second kappa shape index (κ2) is 5.85. The summed E-state index contributed by atoms with van der Waals surface area (Å²) in [5, 5.41) is 11.2. The molecule has 1 unspecified atom stereocenters. The van der Waals surface area contributed by atoms with Crippen molar-refractivity contribution in [1.29, 1.82) is 5.26 Å². The molecule has 2 amide bonds. The van der Waals surface area contributed by atoms with Gasteiger partial charge in [-0.05, 0) is 24.6 Å². The van der Waals surface area contributed by atoms with Gasteiger partial charge in [-0.25, -0.2) is 9.18 Å². The summed E-state index contributed by atoms with van der Waals surface area (Å²) in [6.45, 7) is 1.48. The molecule has 9 heteroatoms. The quantitative estimate of drug-likeness (QED) is 0.631. The number of benzene rings is 1. The second-order valence-corrected chi connectivity index (χ2v) is 5.94. The van der Waals surface area contributed by atoms with Crippen LogP contribution in [-0.4, -0.2) is 41.5 Å². The molecule has 5 nitrogen and oxygen atoms in total. The maximum Gasteiger partial charge on any atom is 0.416 e. The van der Waals surface area contributed by atoms with Crippen molar-refractivity contribution in [2.75, 3.05) is 25.0 Å². The number of carbonyl (C=O) groups excluding carboxylic acids is 1. The van der Waals surface area contributed by atoms with E-state index in [4.69, 9.17) is 5.26 Å². The molecule has 0 bridgehead atoms. The van der Waals surface area contributed by atoms with E-state index in [1.165, 1.54) is 4.90 Å². The van der Waals surface area contributed by atoms with Gasteiger partial charge >= 0.3 is 12.2 Å². The Morgan fingerprint density at radius 2 is 2.08 bits per heavy atom. The molecule has 1 N–H and O–H groups in total. The number of fused-ring (bicyclic) bond motifs is 1. The molecular weight excluding hydrogens is 328 g/mol. The van der Waals surface area contributed by atoms with Gasteiger partial charge in [0.05, 0.1) is 17.3 Å². The lowest BCUT2D eigenvalue weighted by Crippen LogP contribution is -2.41. The lowest BCUT2D eigenvalue weighted by Gasteiger charge is -2.24. The molecule has 2 aliphatic rings. The first-order chi connectivity index (χ1) is 11.3. The Kier molecular flexibility index (Phi) is 3.99. The summed E-state index contributed by atoms with van der Waals surface area (Å²) in [4.78, 5) is 15.4. The van der Waals surface area contributed by atoms with Gasteiger partial charge in [-0.1, -0.05) is 0 Å². The van der Waals surface area contributed by atoms with E-state index < -0.39 is 23.6 Å². The van der Waals surface area contributed by atoms with Gasteiger partial charge in [0.25, 0.3) is 0 Å². The summed E-state index contributed by atoms with van der Waals surface area (Å²) in [5.74, 6) is -0.952. The number of nitrogens with zero attached hydrogens (tertiary/aromatic N) is 3. The van der Waals surface area contributed by atoms with Crippen molar-refractivity contribution in [1.82, 2.24) is 9.80 Å². The molecule has 128 valence electrons. The Morgan fingerprint density at radius 3 is 2.71 bits per heavy atom. The monoisotopic (exact) mass is 342 g/mol. The molecule has 24 heavy (non-hydrogen) atoms. The zero-order valence-corrected chi connectivity index (χ0v) is 12.5. The van der Waals surface area contributed by atoms with Crippen LogP contribution < -0.4 is 5.32 Å². The average Bonchev–Trinajstić information content (AvgIpc) is 3.07. The van der Waals surface area contributed by atoms with Crippen molar-refractivity contribution < 1.29 is 22.4 Å². The predicted octanol–water partition coefficient (Wildman–Crippen LogP) is 2.86. The highest BCUT2D eigenvalue weighted by Crippen LogP contribution is 2.33. The summed E-state index contributed by atoms with van der Waals surface area (Å²) in [7, 11) is 0. The Morgan fingerprint density at radius 1 is 1.33 bits per heavy atom. The van der Waals surface area contributed by atoms with Crippen molar-refractivity contribution in [3.05, 3.63) is 29.6 Å². The summed E-state index contributed by atoms with van der Waals surface area (Å²) in [6.07, 6.45) is -1.86. The minimum Gasteiger partial charge on any atom is -0.319 e. The molecular formula is C15H14F4N4O. The topological polar surface area (TPSA) is 59.4 Å². The van der Waals surface area contributed by atoms with Gasteiger partial charge in [0.15, 0.2) is 6.19 Å². The first kappa shape index (κ1) is 16.4. The highest BCUT2D eigenvalue weighted by atomic mass is 19.4. The van der Waals surface area contributed by atoms with Crippen LogP contribution in [0.3, 0.4) is 0 Å². The number of nitriles is 1. The van der Waals surface area contributed by atoms with Crippen molar-refractivity contribution in [3.8, 4) is 6.19 Å². The van der Waals surface area contributed by atoms with Gasteiger partial charge in [0, 0.05) is 25.6 Å². The molecule has 2 heterocycles. The highest BCUT2D eigenvalue weighted by Gasteiger charge is 2.43. The van der Waals surface area contributed by atoms with Crippen LogP contribution in [0.15, 0.2) is 18.2 Å². The van der Waals surface area contributed by atoms with Crippen LogP contribution in [0.25, 0.3) is 0 Å². The molecule has 1 aromatic rings. The summed E-state index contributed by atoms with van der Waals surface area (Å²) in [6, 6.07) is 1.27. The number of alkyl halides is 3. The van der Waals surface area contributed by atoms with Crippen molar-refractivity contribution in [2.45, 2.75) is 18.6 Å². The minimum absolute atomic E-state index is 0.137. The molecule has 0 aliphatic carbocycles. The number of halogens is 4. The largest absolute Gasteiger partial charge is 0.416 e. The first-order valence-electron chi connectivity index (χ1n) is 7.38. The number of hydrogen-bond donors (Lipinski definition) is 1. The van der Waals surface area contributed by atoms with E-state index >= 15 is 0 Å². The number of rotatable bonds is 1. The van der Waals surface area contributed by atoms with Crippen LogP contribution >= 0.6 is 0 Å². The molecule has 1 aromatic carbocycles. The summed E-state index contributed by atoms with van der Waals surface area (Å²) < 4.78 is 51.4. The molecule has 2 aliphatic heterocycles. The number of nitrogens with one attached hydrogen (secondary N) is 1. The van der Waals surface area contributed by atoms with E-state index in [9.17, 15) is 22.4 Å². The fraction of sp³-hybridized carbons (Fsp3) is 0.467. The lowest BCUT2D eigenvalue weighted by atomic mass is 10.1. The van der Waals surface area contributed by atoms with E-state index in [0.29, 0.717) is 25.7 Å². The Hall–Kier alpha value is -2.50. The average molecular weight is 342 g/mol. The zero-order chi connectivity index (χ0) is 17.5. The van der Waals surface area contributed by atoms with Gasteiger partial charge in [-0.2, -0.15) is 18.4 Å². The van der Waals surface area contributed by atoms with Crippen molar-refractivity contribution in [2.24, 2.45) is 5.92 Å². The van der Waals surface area contributed by atoms with Gasteiger partial charge < -0.3 is 15.1 Å². The van der Waals surface area contributed by atoms with Gasteiger partial charge in [0.1, 0.15) is 5.82 Å². The van der Waals surface area contributed by atoms with Gasteiger partial charge in [-0.15, -0.1) is 0 Å². The number of hydrogen-bond acceptors (Lipinski definition) is 3. The minimum atomic E-state index is -4.64. The standard InChI is InChI=1S/C15H14F4N4O/c16-11-5-10(15(17,18)19)1-2-12(11)21-14(24)23-4-3-9-6-22(8-20)7-13(9)23/h1-2,5,9,13H,3-4,6-7H2,(H,21,24)/t9?,13-/m0/s1. The SMILES string of the molecule is N#CN1CC2CCN(C(=O)Nc3ccc(C(F)(F)F)cc3F)[C@H]2C1. The molecule has 2 saturated heterocycles. The Balaban J connectivity index is 1.71. The maximum atomic E-state index is 13.8. The zero-order valence-electron chi connectivity index (χ0n) is 12.5. The van der Waals surface area contributed by atoms with E-state index in [-0.39, 0.29) is 17.6 Å². The van der Waals surface area contributed by atoms with Gasteiger partial charge in [0.2, 0.25) is 0 Å². The Bertz CT molecular complexity index is 700. The fourth-order valence-electron chi connectivity index (χ4n) is 3.28. The number of anilines is 1. The maximum absolute atomic E-state index is 13.8. The van der Waals surface area contributed by atoms with Crippen LogP contribution in [0.4, 0.5) is 28.0 Å². The molecule has 0 radical (unpaired) electrons. The Labute approximate surface area is 135 Å². The van der Waals surface area contributed by atoms with Gasteiger partial charge in [-0.3, -0.25) is 0 Å². The predicted molar refractivity (Wildman–Crippen MR) is 76.2 cm³/mol. The number of likely N-dealkylation sites (tertiary alicyclic amines) is 2. The molecule has 2 atom stereocenters. The third kappa shape index (κ3) is 2.96. The smallest absolute Gasteiger partial charge is 0.319 e. The van der Waals surface area contributed by atoms with Crippen LogP contribution in [-0.2, 0) is 6.18 Å². The fourth-order valence-corrected chi connectivity index (χ4v) is 3.28. The van der Waals surface area contributed by atoms with E-state index in [0.717, 1.165) is 18.6 Å². The normalized spacial score (nSPS) is 23.1. The van der Waals surface area contributed by atoms with E-state index in [1.807, 2.05) is 6.19 Å². The van der Waals surface area contributed by atoms with Crippen LogP contribution in [0.1, 0.15) is 12.0 Å². The molecule has 0 saturated carbocycles. The number of urea groups is 1. The van der Waals surface area contributed by atoms with Crippen molar-refractivity contribution >= 4 is 11.7 Å². The van der Waals surface area contributed by atoms with Crippen molar-refractivity contribution in [3.63, 3.8) is 0 Å². The third-order valence-electron chi connectivity index (χ3n) is 4.49. The van der Waals surface area contributed by atoms with E-state index in [1.54, 1.807) is 4.90 Å².